The van der Waals surface area contributed by atoms with Crippen molar-refractivity contribution in [2.45, 2.75) is 19.9 Å². The van der Waals surface area contributed by atoms with E-state index in [9.17, 15) is 4.39 Å². The number of benzene rings is 1. The highest BCUT2D eigenvalue weighted by Gasteiger charge is 2.13. The van der Waals surface area contributed by atoms with E-state index in [0.29, 0.717) is 17.8 Å². The topological polar surface area (TPSA) is 48.2 Å². The second-order valence-electron chi connectivity index (χ2n) is 4.74. The minimum atomic E-state index is -0.216. The van der Waals surface area contributed by atoms with Gasteiger partial charge < -0.3 is 10.7 Å². The molecule has 4 heteroatoms. The normalized spacial score (nSPS) is 18.1. The van der Waals surface area contributed by atoms with Crippen LogP contribution in [0.25, 0.3) is 0 Å². The van der Waals surface area contributed by atoms with Crippen LogP contribution in [0.2, 0.25) is 0 Å². The van der Waals surface area contributed by atoms with Crippen LogP contribution in [0.5, 0.6) is 0 Å². The molecule has 1 aliphatic rings. The van der Waals surface area contributed by atoms with E-state index in [1.807, 2.05) is 18.4 Å². The Morgan fingerprint density at radius 3 is 2.95 bits per heavy atom. The van der Waals surface area contributed by atoms with Gasteiger partial charge in [0, 0.05) is 41.8 Å². The van der Waals surface area contributed by atoms with Crippen molar-refractivity contribution in [3.8, 4) is 0 Å². The van der Waals surface area contributed by atoms with E-state index in [2.05, 4.69) is 10.3 Å². The maximum absolute atomic E-state index is 13.6. The van der Waals surface area contributed by atoms with Gasteiger partial charge in [-0.1, -0.05) is 24.3 Å². The largest absolute Gasteiger partial charge is 0.384 e. The molecule has 1 heterocycles. The van der Waals surface area contributed by atoms with Crippen molar-refractivity contribution in [2.24, 2.45) is 10.9 Å². The molecular formula is C16H18FN3. The van der Waals surface area contributed by atoms with Gasteiger partial charge in [0.05, 0.1) is 0 Å². The van der Waals surface area contributed by atoms with Gasteiger partial charge in [-0.3, -0.25) is 4.99 Å². The summed E-state index contributed by atoms with van der Waals surface area (Å²) in [5.74, 6) is -0.0498. The molecule has 104 valence electrons. The highest BCUT2D eigenvalue weighted by molar-refractivity contribution is 5.90. The monoisotopic (exact) mass is 271 g/mol. The summed E-state index contributed by atoms with van der Waals surface area (Å²) in [4.78, 5) is 4.05. The van der Waals surface area contributed by atoms with Crippen LogP contribution in [0.1, 0.15) is 18.9 Å². The fourth-order valence-electron chi connectivity index (χ4n) is 2.06. The summed E-state index contributed by atoms with van der Waals surface area (Å²) in [6.07, 6.45) is 8.17. The second kappa shape index (κ2) is 6.80. The first kappa shape index (κ1) is 14.2. The lowest BCUT2D eigenvalue weighted by Crippen LogP contribution is -2.21. The summed E-state index contributed by atoms with van der Waals surface area (Å²) in [5.41, 5.74) is 2.01. The minimum absolute atomic E-state index is 0.166. The molecule has 0 bridgehead atoms. The Labute approximate surface area is 118 Å². The van der Waals surface area contributed by atoms with Gasteiger partial charge in [0.1, 0.15) is 5.82 Å². The fraction of sp³-hybridized carbons (Fsp3) is 0.250. The Hall–Kier alpha value is -2.23. The molecule has 0 saturated carbocycles. The molecule has 0 aromatic heterocycles. The van der Waals surface area contributed by atoms with Crippen molar-refractivity contribution < 1.29 is 4.39 Å². The number of halogens is 1. The molecule has 1 unspecified atom stereocenters. The van der Waals surface area contributed by atoms with Crippen LogP contribution in [-0.2, 0) is 6.54 Å². The Balaban J connectivity index is 2.09. The SMILES string of the molecule is CC(=N)/C=C(\NCc1ccccc1F)C1C=CN=CC1. The molecule has 1 aromatic carbocycles. The van der Waals surface area contributed by atoms with E-state index in [1.54, 1.807) is 31.3 Å². The summed E-state index contributed by atoms with van der Waals surface area (Å²) in [6, 6.07) is 6.71. The summed E-state index contributed by atoms with van der Waals surface area (Å²) in [6.45, 7) is 2.14. The summed E-state index contributed by atoms with van der Waals surface area (Å²) in [7, 11) is 0. The molecule has 1 aromatic rings. The van der Waals surface area contributed by atoms with Gasteiger partial charge in [0.2, 0.25) is 0 Å². The fourth-order valence-corrected chi connectivity index (χ4v) is 2.06. The molecule has 0 radical (unpaired) electrons. The van der Waals surface area contributed by atoms with Crippen molar-refractivity contribution in [1.29, 1.82) is 5.41 Å². The molecule has 1 aliphatic heterocycles. The average Bonchev–Trinajstić information content (AvgIpc) is 2.45. The van der Waals surface area contributed by atoms with Gasteiger partial charge in [-0.25, -0.2) is 4.39 Å². The predicted molar refractivity (Wildman–Crippen MR) is 80.5 cm³/mol. The third-order valence-corrected chi connectivity index (χ3v) is 3.08. The van der Waals surface area contributed by atoms with Crippen LogP contribution in [-0.4, -0.2) is 11.9 Å². The Morgan fingerprint density at radius 2 is 2.30 bits per heavy atom. The van der Waals surface area contributed by atoms with E-state index in [0.717, 1.165) is 12.1 Å². The molecule has 0 saturated heterocycles. The number of allylic oxidation sites excluding steroid dienone is 2. The van der Waals surface area contributed by atoms with Crippen LogP contribution >= 0.6 is 0 Å². The highest BCUT2D eigenvalue weighted by atomic mass is 19.1. The van der Waals surface area contributed by atoms with Crippen LogP contribution in [0.15, 0.2) is 53.3 Å². The molecule has 1 atom stereocenters. The highest BCUT2D eigenvalue weighted by Crippen LogP contribution is 2.18. The number of nitrogens with zero attached hydrogens (tertiary/aromatic N) is 1. The number of aliphatic imine (C=N–C) groups is 1. The smallest absolute Gasteiger partial charge is 0.128 e. The molecule has 0 fully saturated rings. The summed E-state index contributed by atoms with van der Waals surface area (Å²) >= 11 is 0. The van der Waals surface area contributed by atoms with E-state index >= 15 is 0 Å². The molecule has 0 amide bonds. The van der Waals surface area contributed by atoms with Crippen molar-refractivity contribution in [2.75, 3.05) is 0 Å². The predicted octanol–water partition coefficient (Wildman–Crippen LogP) is 3.44. The number of nitrogens with one attached hydrogen (secondary N) is 2. The van der Waals surface area contributed by atoms with Crippen molar-refractivity contribution in [3.05, 3.63) is 59.7 Å². The molecule has 2 N–H and O–H groups in total. The standard InChI is InChI=1S/C16H18FN3/c1-12(18)10-16(13-6-8-19-9-7-13)20-11-14-4-2-3-5-15(14)17/h2-6,8-10,13,18,20H,7,11H2,1H3/b16-10-,18-12?. The minimum Gasteiger partial charge on any atom is -0.384 e. The number of rotatable bonds is 5. The lowest BCUT2D eigenvalue weighted by Gasteiger charge is -2.19. The van der Waals surface area contributed by atoms with E-state index in [-0.39, 0.29) is 11.7 Å². The molecular weight excluding hydrogens is 253 g/mol. The van der Waals surface area contributed by atoms with Gasteiger partial charge in [0.15, 0.2) is 0 Å². The molecule has 3 nitrogen and oxygen atoms in total. The third-order valence-electron chi connectivity index (χ3n) is 3.08. The van der Waals surface area contributed by atoms with Gasteiger partial charge in [0.25, 0.3) is 0 Å². The average molecular weight is 271 g/mol. The Bertz CT molecular complexity index is 573. The van der Waals surface area contributed by atoms with Gasteiger partial charge in [-0.05, 0) is 25.5 Å². The quantitative estimate of drug-likeness (QED) is 0.792. The molecule has 0 aliphatic carbocycles. The zero-order chi connectivity index (χ0) is 14.4. The van der Waals surface area contributed by atoms with Crippen molar-refractivity contribution >= 4 is 11.9 Å². The first-order valence-electron chi connectivity index (χ1n) is 6.59. The zero-order valence-electron chi connectivity index (χ0n) is 11.4. The third kappa shape index (κ3) is 3.88. The number of hydrogen-bond donors (Lipinski definition) is 2. The van der Waals surface area contributed by atoms with E-state index < -0.39 is 0 Å². The maximum Gasteiger partial charge on any atom is 0.128 e. The maximum atomic E-state index is 13.6. The van der Waals surface area contributed by atoms with Crippen molar-refractivity contribution in [3.63, 3.8) is 0 Å². The lowest BCUT2D eigenvalue weighted by molar-refractivity contribution is 0.591. The van der Waals surface area contributed by atoms with E-state index in [1.165, 1.54) is 6.07 Å². The molecule has 2 rings (SSSR count). The Kier molecular flexibility index (Phi) is 4.82. The van der Waals surface area contributed by atoms with Crippen molar-refractivity contribution in [1.82, 2.24) is 5.32 Å². The van der Waals surface area contributed by atoms with Crippen LogP contribution < -0.4 is 5.32 Å². The van der Waals surface area contributed by atoms with Crippen LogP contribution in [0, 0.1) is 17.1 Å². The van der Waals surface area contributed by atoms with Gasteiger partial charge >= 0.3 is 0 Å². The first-order chi connectivity index (χ1) is 9.66. The zero-order valence-corrected chi connectivity index (χ0v) is 11.4. The lowest BCUT2D eigenvalue weighted by atomic mass is 9.99. The number of hydrogen-bond acceptors (Lipinski definition) is 3. The van der Waals surface area contributed by atoms with Gasteiger partial charge in [-0.15, -0.1) is 0 Å². The molecule has 20 heavy (non-hydrogen) atoms. The first-order valence-corrected chi connectivity index (χ1v) is 6.59. The molecule has 0 spiro atoms. The van der Waals surface area contributed by atoms with Crippen LogP contribution in [0.3, 0.4) is 0 Å². The van der Waals surface area contributed by atoms with Crippen LogP contribution in [0.4, 0.5) is 4.39 Å². The van der Waals surface area contributed by atoms with E-state index in [4.69, 9.17) is 5.41 Å². The second-order valence-corrected chi connectivity index (χ2v) is 4.74. The summed E-state index contributed by atoms with van der Waals surface area (Å²) in [5, 5.41) is 10.9. The summed E-state index contributed by atoms with van der Waals surface area (Å²) < 4.78 is 13.6. The Morgan fingerprint density at radius 1 is 1.50 bits per heavy atom. The van der Waals surface area contributed by atoms with Gasteiger partial charge in [-0.2, -0.15) is 0 Å².